The number of amides is 3. The number of aryl methyl sites for hydroxylation is 1. The molecule has 4 aromatic carbocycles. The molecule has 0 atom stereocenters. The Morgan fingerprint density at radius 1 is 0.907 bits per heavy atom. The van der Waals surface area contributed by atoms with Crippen molar-refractivity contribution >= 4 is 40.8 Å². The largest absolute Gasteiger partial charge is 0.506 e. The van der Waals surface area contributed by atoms with Crippen molar-refractivity contribution in [3.05, 3.63) is 108 Å². The lowest BCUT2D eigenvalue weighted by atomic mass is 9.98. The van der Waals surface area contributed by atoms with Gasteiger partial charge < -0.3 is 20.1 Å². The van der Waals surface area contributed by atoms with Crippen LogP contribution in [0.25, 0.3) is 11.1 Å². The monoisotopic (exact) mass is 577 g/mol. The molecule has 2 N–H and O–H groups in total. The number of carbonyl (C=O) groups excluding carboxylic acids is 4. The molecular formula is C34H31N3O6. The maximum absolute atomic E-state index is 13.7. The summed E-state index contributed by atoms with van der Waals surface area (Å²) in [6.45, 7) is 3.67. The molecule has 0 aromatic heterocycles. The van der Waals surface area contributed by atoms with E-state index in [0.717, 1.165) is 16.7 Å². The number of nitrogens with zero attached hydrogens (tertiary/aromatic N) is 2. The van der Waals surface area contributed by atoms with Gasteiger partial charge in [-0.05, 0) is 61.4 Å². The number of nitrogens with one attached hydrogen (secondary N) is 1. The Kier molecular flexibility index (Phi) is 8.52. The van der Waals surface area contributed by atoms with Gasteiger partial charge >= 0.3 is 5.97 Å². The lowest BCUT2D eigenvalue weighted by Gasteiger charge is -2.25. The average Bonchev–Trinajstić information content (AvgIpc) is 3.14. The number of hydrogen-bond acceptors (Lipinski definition) is 6. The van der Waals surface area contributed by atoms with Crippen LogP contribution in [0.4, 0.5) is 17.1 Å². The van der Waals surface area contributed by atoms with Gasteiger partial charge in [0.25, 0.3) is 11.8 Å². The molecule has 5 rings (SSSR count). The van der Waals surface area contributed by atoms with E-state index < -0.39 is 17.8 Å². The standard InChI is InChI=1S/C34H31N3O6/c1-3-43-32(40)21-37-29-11-7-6-10-28(29)36(19-18-31(37)39)34(42)24-16-17-27(30(38)20-24)35-33(41)26-9-5-4-8-25(26)23-14-12-22(2)13-15-23/h4-17,20,38H,3,18-19,21H2,1-2H3,(H,35,41). The smallest absolute Gasteiger partial charge is 0.326 e. The first-order chi connectivity index (χ1) is 20.8. The molecule has 0 fully saturated rings. The van der Waals surface area contributed by atoms with E-state index in [1.54, 1.807) is 43.3 Å². The predicted molar refractivity (Wildman–Crippen MR) is 164 cm³/mol. The van der Waals surface area contributed by atoms with Gasteiger partial charge in [-0.2, -0.15) is 0 Å². The molecule has 1 aliphatic rings. The molecule has 4 aromatic rings. The van der Waals surface area contributed by atoms with Crippen LogP contribution in [0.1, 0.15) is 39.6 Å². The van der Waals surface area contributed by atoms with E-state index in [0.29, 0.717) is 16.9 Å². The van der Waals surface area contributed by atoms with Crippen LogP contribution in [0.5, 0.6) is 5.75 Å². The predicted octanol–water partition coefficient (Wildman–Crippen LogP) is 5.57. The zero-order valence-electron chi connectivity index (χ0n) is 23.9. The van der Waals surface area contributed by atoms with Crippen LogP contribution in [0.3, 0.4) is 0 Å². The molecular weight excluding hydrogens is 546 g/mol. The minimum Gasteiger partial charge on any atom is -0.506 e. The van der Waals surface area contributed by atoms with Gasteiger partial charge in [-0.25, -0.2) is 0 Å². The Morgan fingerprint density at radius 2 is 1.60 bits per heavy atom. The van der Waals surface area contributed by atoms with Crippen LogP contribution in [0, 0.1) is 6.92 Å². The summed E-state index contributed by atoms with van der Waals surface area (Å²) in [4.78, 5) is 54.9. The number of fused-ring (bicyclic) bond motifs is 1. The van der Waals surface area contributed by atoms with E-state index in [-0.39, 0.29) is 49.0 Å². The van der Waals surface area contributed by atoms with E-state index in [1.807, 2.05) is 43.3 Å². The van der Waals surface area contributed by atoms with Gasteiger partial charge in [0.2, 0.25) is 5.91 Å². The second kappa shape index (κ2) is 12.6. The van der Waals surface area contributed by atoms with Crippen molar-refractivity contribution in [1.82, 2.24) is 0 Å². The molecule has 9 heteroatoms. The topological polar surface area (TPSA) is 116 Å². The van der Waals surface area contributed by atoms with Gasteiger partial charge in [-0.3, -0.25) is 24.1 Å². The first-order valence-electron chi connectivity index (χ1n) is 13.9. The maximum Gasteiger partial charge on any atom is 0.326 e. The molecule has 0 bridgehead atoms. The summed E-state index contributed by atoms with van der Waals surface area (Å²) < 4.78 is 5.03. The summed E-state index contributed by atoms with van der Waals surface area (Å²) >= 11 is 0. The van der Waals surface area contributed by atoms with Gasteiger partial charge in [-0.1, -0.05) is 60.2 Å². The van der Waals surface area contributed by atoms with Crippen LogP contribution in [0.2, 0.25) is 0 Å². The van der Waals surface area contributed by atoms with Crippen LogP contribution in [-0.2, 0) is 14.3 Å². The number of rotatable bonds is 7. The zero-order chi connectivity index (χ0) is 30.5. The minimum atomic E-state index is -0.547. The number of esters is 1. The number of phenols is 1. The number of carbonyl (C=O) groups is 4. The zero-order valence-corrected chi connectivity index (χ0v) is 23.9. The fourth-order valence-corrected chi connectivity index (χ4v) is 5.02. The van der Waals surface area contributed by atoms with Gasteiger partial charge in [0.15, 0.2) is 0 Å². The van der Waals surface area contributed by atoms with Crippen LogP contribution in [-0.4, -0.2) is 48.5 Å². The molecule has 1 heterocycles. The third-order valence-electron chi connectivity index (χ3n) is 7.18. The van der Waals surface area contributed by atoms with Crippen molar-refractivity contribution in [3.63, 3.8) is 0 Å². The highest BCUT2D eigenvalue weighted by atomic mass is 16.5. The number of hydrogen-bond donors (Lipinski definition) is 2. The molecule has 1 aliphatic heterocycles. The minimum absolute atomic E-state index is 0.0136. The van der Waals surface area contributed by atoms with Crippen LogP contribution < -0.4 is 15.1 Å². The molecule has 43 heavy (non-hydrogen) atoms. The summed E-state index contributed by atoms with van der Waals surface area (Å²) in [5.74, 6) is -2.00. The van der Waals surface area contributed by atoms with Gasteiger partial charge in [0.1, 0.15) is 12.3 Å². The molecule has 0 unspecified atom stereocenters. The van der Waals surface area contributed by atoms with E-state index in [9.17, 15) is 24.3 Å². The van der Waals surface area contributed by atoms with E-state index in [4.69, 9.17) is 4.74 Å². The Morgan fingerprint density at radius 3 is 2.33 bits per heavy atom. The summed E-state index contributed by atoms with van der Waals surface area (Å²) in [7, 11) is 0. The Balaban J connectivity index is 1.38. The molecule has 0 spiro atoms. The lowest BCUT2D eigenvalue weighted by molar-refractivity contribution is -0.142. The van der Waals surface area contributed by atoms with E-state index in [2.05, 4.69) is 5.32 Å². The number of ether oxygens (including phenoxy) is 1. The van der Waals surface area contributed by atoms with Gasteiger partial charge in [0, 0.05) is 24.1 Å². The highest BCUT2D eigenvalue weighted by molar-refractivity contribution is 6.13. The molecule has 0 saturated carbocycles. The number of benzene rings is 4. The van der Waals surface area contributed by atoms with Gasteiger partial charge in [0.05, 0.1) is 23.7 Å². The second-order valence-corrected chi connectivity index (χ2v) is 10.1. The molecule has 0 aliphatic carbocycles. The maximum atomic E-state index is 13.7. The van der Waals surface area contributed by atoms with Crippen molar-refractivity contribution in [3.8, 4) is 16.9 Å². The van der Waals surface area contributed by atoms with Crippen molar-refractivity contribution in [1.29, 1.82) is 0 Å². The highest BCUT2D eigenvalue weighted by Crippen LogP contribution is 2.35. The Labute approximate surface area is 249 Å². The van der Waals surface area contributed by atoms with Crippen LogP contribution in [0.15, 0.2) is 91.0 Å². The number of anilines is 3. The molecule has 218 valence electrons. The van der Waals surface area contributed by atoms with Crippen molar-refractivity contribution in [2.24, 2.45) is 0 Å². The normalized spacial score (nSPS) is 12.7. The SMILES string of the molecule is CCOC(=O)CN1C(=O)CCN(C(=O)c2ccc(NC(=O)c3ccccc3-c3ccc(C)cc3)c(O)c2)c2ccccc21. The molecule has 9 nitrogen and oxygen atoms in total. The second-order valence-electron chi connectivity index (χ2n) is 10.1. The Bertz CT molecular complexity index is 1700. The first kappa shape index (κ1) is 29.1. The van der Waals surface area contributed by atoms with Crippen molar-refractivity contribution < 1.29 is 29.0 Å². The third kappa shape index (κ3) is 6.25. The number of para-hydroxylation sites is 2. The fourth-order valence-electron chi connectivity index (χ4n) is 5.02. The van der Waals surface area contributed by atoms with Crippen molar-refractivity contribution in [2.75, 3.05) is 34.8 Å². The fraction of sp³-hybridized carbons (Fsp3) is 0.176. The number of phenolic OH excluding ortho intramolecular Hbond substituents is 1. The molecule has 0 saturated heterocycles. The summed E-state index contributed by atoms with van der Waals surface area (Å²) in [6.07, 6.45) is -0.0136. The van der Waals surface area contributed by atoms with E-state index >= 15 is 0 Å². The van der Waals surface area contributed by atoms with Gasteiger partial charge in [-0.15, -0.1) is 0 Å². The summed E-state index contributed by atoms with van der Waals surface area (Å²) in [6, 6.07) is 26.1. The molecule has 3 amide bonds. The third-order valence-corrected chi connectivity index (χ3v) is 7.18. The average molecular weight is 578 g/mol. The number of aromatic hydroxyl groups is 1. The quantitative estimate of drug-likeness (QED) is 0.219. The van der Waals surface area contributed by atoms with Crippen LogP contribution >= 0.6 is 0 Å². The molecule has 0 radical (unpaired) electrons. The lowest BCUT2D eigenvalue weighted by Crippen LogP contribution is -2.36. The first-order valence-corrected chi connectivity index (χ1v) is 13.9. The Hall–Kier alpha value is -5.44. The summed E-state index contributed by atoms with van der Waals surface area (Å²) in [5.41, 5.74) is 4.35. The van der Waals surface area contributed by atoms with Crippen molar-refractivity contribution in [2.45, 2.75) is 20.3 Å². The van der Waals surface area contributed by atoms with E-state index in [1.165, 1.54) is 28.0 Å². The summed E-state index contributed by atoms with van der Waals surface area (Å²) in [5, 5.41) is 13.6. The highest BCUT2D eigenvalue weighted by Gasteiger charge is 2.31.